The second kappa shape index (κ2) is 9.96. The molecule has 1 aromatic carbocycles. The lowest BCUT2D eigenvalue weighted by molar-refractivity contribution is 0.0689. The number of nitrogens with zero attached hydrogens (tertiary/aromatic N) is 6. The maximum absolute atomic E-state index is 13.0. The van der Waals surface area contributed by atoms with Gasteiger partial charge in [-0.15, -0.1) is 0 Å². The molecule has 12 nitrogen and oxygen atoms in total. The largest absolute Gasteiger partial charge is 0.493 e. The number of carbonyl (C=O) groups excluding carboxylic acids is 1. The lowest BCUT2D eigenvalue weighted by Gasteiger charge is -2.33. The Morgan fingerprint density at radius 3 is 2.29 bits per heavy atom. The van der Waals surface area contributed by atoms with E-state index in [1.807, 2.05) is 0 Å². The van der Waals surface area contributed by atoms with Gasteiger partial charge in [0.25, 0.3) is 5.91 Å². The zero-order valence-corrected chi connectivity index (χ0v) is 20.9. The summed E-state index contributed by atoms with van der Waals surface area (Å²) < 4.78 is 46.8. The number of hydrogen-bond acceptors (Lipinski definition) is 8. The van der Waals surface area contributed by atoms with Crippen LogP contribution in [0.25, 0.3) is 0 Å². The van der Waals surface area contributed by atoms with Gasteiger partial charge < -0.3 is 19.1 Å². The fourth-order valence-corrected chi connectivity index (χ4v) is 5.41. The predicted octanol–water partition coefficient (Wildman–Crippen LogP) is 1.13. The molecule has 0 unspecified atom stereocenters. The molecule has 1 aliphatic heterocycles. The SMILES string of the molecule is COc1cccc(OC)c1OCn1ccc(C(=O)N2CCN(S(=O)(=O)c3cnn(C)c3C)CC2)n1. The van der Waals surface area contributed by atoms with Gasteiger partial charge in [0, 0.05) is 39.4 Å². The zero-order chi connectivity index (χ0) is 25.2. The number of benzene rings is 1. The van der Waals surface area contributed by atoms with Crippen LogP contribution in [-0.4, -0.2) is 83.5 Å². The molecule has 0 radical (unpaired) electrons. The molecule has 0 bridgehead atoms. The van der Waals surface area contributed by atoms with Crippen LogP contribution in [0, 0.1) is 6.92 Å². The summed E-state index contributed by atoms with van der Waals surface area (Å²) in [5, 5.41) is 8.34. The fraction of sp³-hybridized carbons (Fsp3) is 0.409. The van der Waals surface area contributed by atoms with Crippen molar-refractivity contribution in [2.45, 2.75) is 18.6 Å². The third-order valence-corrected chi connectivity index (χ3v) is 7.92. The molecule has 0 N–H and O–H groups in total. The highest BCUT2D eigenvalue weighted by atomic mass is 32.2. The van der Waals surface area contributed by atoms with E-state index >= 15 is 0 Å². The minimum absolute atomic E-state index is 0.0422. The van der Waals surface area contributed by atoms with Crippen molar-refractivity contribution in [3.05, 3.63) is 48.0 Å². The van der Waals surface area contributed by atoms with Crippen molar-refractivity contribution in [3.8, 4) is 17.2 Å². The van der Waals surface area contributed by atoms with Crippen molar-refractivity contribution in [2.24, 2.45) is 7.05 Å². The first-order valence-corrected chi connectivity index (χ1v) is 12.4. The minimum Gasteiger partial charge on any atom is -0.493 e. The number of amides is 1. The topological polar surface area (TPSA) is 121 Å². The highest BCUT2D eigenvalue weighted by Gasteiger charge is 2.33. The number of rotatable bonds is 8. The van der Waals surface area contributed by atoms with Crippen molar-refractivity contribution in [1.29, 1.82) is 0 Å². The summed E-state index contributed by atoms with van der Waals surface area (Å²) in [6.45, 7) is 2.67. The van der Waals surface area contributed by atoms with Gasteiger partial charge in [-0.05, 0) is 25.1 Å². The Morgan fingerprint density at radius 1 is 1.06 bits per heavy atom. The highest BCUT2D eigenvalue weighted by Crippen LogP contribution is 2.36. The molecule has 188 valence electrons. The van der Waals surface area contributed by atoms with Crippen molar-refractivity contribution < 1.29 is 27.4 Å². The number of para-hydroxylation sites is 1. The van der Waals surface area contributed by atoms with Crippen LogP contribution in [0.2, 0.25) is 0 Å². The number of ether oxygens (including phenoxy) is 3. The molecule has 4 rings (SSSR count). The van der Waals surface area contributed by atoms with Crippen LogP contribution in [-0.2, 0) is 23.8 Å². The molecule has 35 heavy (non-hydrogen) atoms. The van der Waals surface area contributed by atoms with Crippen molar-refractivity contribution in [3.63, 3.8) is 0 Å². The third-order valence-electron chi connectivity index (χ3n) is 5.92. The molecule has 2 aromatic heterocycles. The van der Waals surface area contributed by atoms with Crippen molar-refractivity contribution in [1.82, 2.24) is 28.8 Å². The first kappa shape index (κ1) is 24.5. The molecule has 1 fully saturated rings. The van der Waals surface area contributed by atoms with E-state index in [2.05, 4.69) is 10.2 Å². The molecule has 0 spiro atoms. The summed E-state index contributed by atoms with van der Waals surface area (Å²) in [6, 6.07) is 6.90. The average Bonchev–Trinajstić information content (AvgIpc) is 3.48. The lowest BCUT2D eigenvalue weighted by Crippen LogP contribution is -2.50. The Morgan fingerprint density at radius 2 is 1.71 bits per heavy atom. The summed E-state index contributed by atoms with van der Waals surface area (Å²) in [5.74, 6) is 1.19. The first-order chi connectivity index (χ1) is 16.8. The van der Waals surface area contributed by atoms with E-state index in [1.165, 1.54) is 34.1 Å². The summed E-state index contributed by atoms with van der Waals surface area (Å²) in [6.07, 6.45) is 3.00. The normalized spacial score (nSPS) is 14.7. The maximum atomic E-state index is 13.0. The van der Waals surface area contributed by atoms with Gasteiger partial charge in [-0.25, -0.2) is 13.1 Å². The van der Waals surface area contributed by atoms with E-state index < -0.39 is 10.0 Å². The Kier molecular flexibility index (Phi) is 6.98. The summed E-state index contributed by atoms with van der Waals surface area (Å²) >= 11 is 0. The molecule has 0 aliphatic carbocycles. The Balaban J connectivity index is 1.37. The molecular weight excluding hydrogens is 476 g/mol. The summed E-state index contributed by atoms with van der Waals surface area (Å²) in [4.78, 5) is 14.7. The lowest BCUT2D eigenvalue weighted by atomic mass is 10.3. The number of piperazine rings is 1. The van der Waals surface area contributed by atoms with E-state index in [1.54, 1.807) is 49.3 Å². The number of aromatic nitrogens is 4. The van der Waals surface area contributed by atoms with E-state index in [-0.39, 0.29) is 49.4 Å². The van der Waals surface area contributed by atoms with Gasteiger partial charge >= 0.3 is 0 Å². The molecule has 1 aliphatic rings. The summed E-state index contributed by atoms with van der Waals surface area (Å²) in [5.41, 5.74) is 0.821. The molecule has 1 saturated heterocycles. The zero-order valence-electron chi connectivity index (χ0n) is 20.0. The van der Waals surface area contributed by atoms with Crippen LogP contribution in [0.1, 0.15) is 16.2 Å². The molecular formula is C22H28N6O6S. The Labute approximate surface area is 203 Å². The van der Waals surface area contributed by atoms with Crippen molar-refractivity contribution >= 4 is 15.9 Å². The monoisotopic (exact) mass is 504 g/mol. The van der Waals surface area contributed by atoms with Crippen molar-refractivity contribution in [2.75, 3.05) is 40.4 Å². The number of hydrogen-bond donors (Lipinski definition) is 0. The molecule has 13 heteroatoms. The average molecular weight is 505 g/mol. The summed E-state index contributed by atoms with van der Waals surface area (Å²) in [7, 11) is 1.10. The van der Waals surface area contributed by atoms with Crippen LogP contribution in [0.15, 0.2) is 41.6 Å². The Bertz CT molecular complexity index is 1290. The first-order valence-electron chi connectivity index (χ1n) is 10.9. The van der Waals surface area contributed by atoms with Gasteiger partial charge in [-0.1, -0.05) is 6.07 Å². The number of carbonyl (C=O) groups is 1. The van der Waals surface area contributed by atoms with Crippen LogP contribution < -0.4 is 14.2 Å². The van der Waals surface area contributed by atoms with E-state index in [0.717, 1.165) is 0 Å². The van der Waals surface area contributed by atoms with Gasteiger partial charge in [-0.3, -0.25) is 9.48 Å². The second-order valence-corrected chi connectivity index (χ2v) is 9.83. The minimum atomic E-state index is -3.67. The van der Waals surface area contributed by atoms with Crippen LogP contribution in [0.3, 0.4) is 0 Å². The quantitative estimate of drug-likeness (QED) is 0.448. The second-order valence-electron chi connectivity index (χ2n) is 7.92. The van der Waals surface area contributed by atoms with Crippen LogP contribution >= 0.6 is 0 Å². The maximum Gasteiger partial charge on any atom is 0.274 e. The smallest absolute Gasteiger partial charge is 0.274 e. The van der Waals surface area contributed by atoms with Gasteiger partial charge in [0.15, 0.2) is 23.9 Å². The van der Waals surface area contributed by atoms with E-state index in [4.69, 9.17) is 14.2 Å². The van der Waals surface area contributed by atoms with Gasteiger partial charge in [0.05, 0.1) is 26.1 Å². The fourth-order valence-electron chi connectivity index (χ4n) is 3.80. The van der Waals surface area contributed by atoms with Gasteiger partial charge in [0.1, 0.15) is 4.90 Å². The molecule has 1 amide bonds. The Hall–Kier alpha value is -3.58. The van der Waals surface area contributed by atoms with Crippen LogP contribution in [0.4, 0.5) is 0 Å². The predicted molar refractivity (Wildman–Crippen MR) is 125 cm³/mol. The van der Waals surface area contributed by atoms with Crippen LogP contribution in [0.5, 0.6) is 17.2 Å². The molecule has 0 atom stereocenters. The number of methoxy groups -OCH3 is 2. The third kappa shape index (κ3) is 4.82. The number of aryl methyl sites for hydroxylation is 1. The van der Waals surface area contributed by atoms with Gasteiger partial charge in [0.2, 0.25) is 15.8 Å². The standard InChI is InChI=1S/C22H28N6O6S/c1-16-20(14-23-25(16)2)35(30,31)28-12-10-26(11-13-28)22(29)17-8-9-27(24-17)15-34-21-18(32-3)6-5-7-19(21)33-4/h5-9,14H,10-13,15H2,1-4H3. The molecule has 3 heterocycles. The molecule has 0 saturated carbocycles. The van der Waals surface area contributed by atoms with E-state index in [0.29, 0.717) is 22.9 Å². The molecule has 3 aromatic rings. The highest BCUT2D eigenvalue weighted by molar-refractivity contribution is 7.89. The van der Waals surface area contributed by atoms with E-state index in [9.17, 15) is 13.2 Å². The number of sulfonamides is 1. The van der Waals surface area contributed by atoms with Gasteiger partial charge in [-0.2, -0.15) is 14.5 Å².